The highest BCUT2D eigenvalue weighted by Gasteiger charge is 2.42. The molecule has 0 amide bonds. The first-order valence-electron chi connectivity index (χ1n) is 7.21. The Balaban J connectivity index is 2.12. The first kappa shape index (κ1) is 15.7. The highest BCUT2D eigenvalue weighted by molar-refractivity contribution is 7.86. The molecule has 2 rings (SSSR count). The monoisotopic (exact) mass is 305 g/mol. The van der Waals surface area contributed by atoms with E-state index in [1.807, 2.05) is 0 Å². The largest absolute Gasteiger partial charge is 0.465 e. The lowest BCUT2D eigenvalue weighted by Gasteiger charge is -2.29. The first-order chi connectivity index (χ1) is 9.57. The molecule has 0 aliphatic carbocycles. The van der Waals surface area contributed by atoms with Gasteiger partial charge in [-0.05, 0) is 32.7 Å². The van der Waals surface area contributed by atoms with E-state index >= 15 is 0 Å². The van der Waals surface area contributed by atoms with Gasteiger partial charge in [-0.3, -0.25) is 4.79 Å². The lowest BCUT2D eigenvalue weighted by atomic mass is 10.2. The molecular weight excluding hydrogens is 282 g/mol. The van der Waals surface area contributed by atoms with Crippen molar-refractivity contribution in [2.24, 2.45) is 0 Å². The third-order valence-electron chi connectivity index (χ3n) is 3.68. The second-order valence-corrected chi connectivity index (χ2v) is 6.91. The van der Waals surface area contributed by atoms with Crippen LogP contribution in [0, 0.1) is 0 Å². The van der Waals surface area contributed by atoms with Gasteiger partial charge in [0.15, 0.2) is 0 Å². The predicted octanol–water partition coefficient (Wildman–Crippen LogP) is -0.446. The van der Waals surface area contributed by atoms with Crippen LogP contribution in [0.15, 0.2) is 0 Å². The zero-order valence-electron chi connectivity index (χ0n) is 11.9. The standard InChI is InChI=1S/C12H23N3O4S/c1-2-19-12(16)11-5-3-9-15(11)20(17,18)14-8-4-6-13-7-10-14/h11,13H,2-10H2,1H3. The van der Waals surface area contributed by atoms with Crippen LogP contribution in [0.3, 0.4) is 0 Å². The fourth-order valence-electron chi connectivity index (χ4n) is 2.69. The number of ether oxygens (including phenoxy) is 1. The third kappa shape index (κ3) is 3.30. The highest BCUT2D eigenvalue weighted by atomic mass is 32.2. The van der Waals surface area contributed by atoms with E-state index in [9.17, 15) is 13.2 Å². The number of esters is 1. The molecule has 2 saturated heterocycles. The van der Waals surface area contributed by atoms with E-state index in [1.165, 1.54) is 8.61 Å². The molecule has 2 fully saturated rings. The average molecular weight is 305 g/mol. The van der Waals surface area contributed by atoms with E-state index < -0.39 is 22.2 Å². The van der Waals surface area contributed by atoms with Crippen LogP contribution in [0.2, 0.25) is 0 Å². The van der Waals surface area contributed by atoms with Crippen molar-refractivity contribution in [2.75, 3.05) is 39.3 Å². The summed E-state index contributed by atoms with van der Waals surface area (Å²) in [6, 6.07) is -0.656. The van der Waals surface area contributed by atoms with Gasteiger partial charge >= 0.3 is 5.97 Å². The number of carbonyl (C=O) groups excluding carboxylic acids is 1. The maximum atomic E-state index is 12.7. The van der Waals surface area contributed by atoms with E-state index in [2.05, 4.69) is 5.32 Å². The Kier molecular flexibility index (Phi) is 5.36. The topological polar surface area (TPSA) is 79.0 Å². The van der Waals surface area contributed by atoms with Gasteiger partial charge in [0.25, 0.3) is 10.2 Å². The van der Waals surface area contributed by atoms with Crippen LogP contribution >= 0.6 is 0 Å². The number of rotatable bonds is 4. The minimum absolute atomic E-state index is 0.275. The van der Waals surface area contributed by atoms with Crippen molar-refractivity contribution < 1.29 is 17.9 Å². The van der Waals surface area contributed by atoms with Gasteiger partial charge in [-0.15, -0.1) is 0 Å². The Morgan fingerprint density at radius 2 is 2.05 bits per heavy atom. The van der Waals surface area contributed by atoms with Crippen LogP contribution < -0.4 is 5.32 Å². The molecule has 0 aromatic carbocycles. The van der Waals surface area contributed by atoms with Crippen molar-refractivity contribution in [3.63, 3.8) is 0 Å². The van der Waals surface area contributed by atoms with E-state index in [-0.39, 0.29) is 6.61 Å². The van der Waals surface area contributed by atoms with Crippen LogP contribution in [-0.4, -0.2) is 68.4 Å². The van der Waals surface area contributed by atoms with Crippen molar-refractivity contribution >= 4 is 16.2 Å². The summed E-state index contributed by atoms with van der Waals surface area (Å²) in [7, 11) is -3.57. The van der Waals surface area contributed by atoms with Crippen molar-refractivity contribution in [1.82, 2.24) is 13.9 Å². The summed E-state index contributed by atoms with van der Waals surface area (Å²) in [5.74, 6) is -0.429. The van der Waals surface area contributed by atoms with Gasteiger partial charge in [0.1, 0.15) is 6.04 Å². The number of carbonyl (C=O) groups is 1. The minimum atomic E-state index is -3.57. The van der Waals surface area contributed by atoms with Crippen LogP contribution in [0.5, 0.6) is 0 Å². The van der Waals surface area contributed by atoms with Crippen molar-refractivity contribution in [1.29, 1.82) is 0 Å². The lowest BCUT2D eigenvalue weighted by Crippen LogP contribution is -2.49. The summed E-state index contributed by atoms with van der Waals surface area (Å²) in [6.07, 6.45) is 2.04. The molecule has 116 valence electrons. The van der Waals surface area contributed by atoms with Gasteiger partial charge < -0.3 is 10.1 Å². The summed E-state index contributed by atoms with van der Waals surface area (Å²) in [5, 5.41) is 3.18. The second-order valence-electron chi connectivity index (χ2n) is 5.03. The van der Waals surface area contributed by atoms with Crippen LogP contribution in [0.4, 0.5) is 0 Å². The second kappa shape index (κ2) is 6.84. The molecule has 1 atom stereocenters. The molecular formula is C12H23N3O4S. The van der Waals surface area contributed by atoms with Gasteiger partial charge in [0.2, 0.25) is 0 Å². The molecule has 0 spiro atoms. The van der Waals surface area contributed by atoms with E-state index in [0.29, 0.717) is 39.0 Å². The molecule has 8 heteroatoms. The Labute approximate surface area is 120 Å². The van der Waals surface area contributed by atoms with E-state index in [0.717, 1.165) is 13.0 Å². The molecule has 0 bridgehead atoms. The maximum absolute atomic E-state index is 12.7. The van der Waals surface area contributed by atoms with Crippen molar-refractivity contribution in [3.8, 4) is 0 Å². The minimum Gasteiger partial charge on any atom is -0.465 e. The zero-order valence-corrected chi connectivity index (χ0v) is 12.7. The molecule has 2 aliphatic heterocycles. The highest BCUT2D eigenvalue weighted by Crippen LogP contribution is 2.24. The smallest absolute Gasteiger partial charge is 0.324 e. The third-order valence-corrected chi connectivity index (χ3v) is 5.73. The summed E-state index contributed by atoms with van der Waals surface area (Å²) in [4.78, 5) is 11.9. The quantitative estimate of drug-likeness (QED) is 0.712. The molecule has 1 unspecified atom stereocenters. The van der Waals surface area contributed by atoms with Gasteiger partial charge in [-0.1, -0.05) is 0 Å². The summed E-state index contributed by atoms with van der Waals surface area (Å²) in [6.45, 7) is 4.83. The molecule has 0 saturated carbocycles. The summed E-state index contributed by atoms with van der Waals surface area (Å²) in [5.41, 5.74) is 0. The fraction of sp³-hybridized carbons (Fsp3) is 0.917. The molecule has 7 nitrogen and oxygen atoms in total. The predicted molar refractivity (Wildman–Crippen MR) is 74.3 cm³/mol. The van der Waals surface area contributed by atoms with Crippen LogP contribution in [-0.2, 0) is 19.7 Å². The lowest BCUT2D eigenvalue weighted by molar-refractivity contribution is -0.146. The Hall–Kier alpha value is -0.700. The number of nitrogens with zero attached hydrogens (tertiary/aromatic N) is 2. The Bertz CT molecular complexity index is 432. The SMILES string of the molecule is CCOC(=O)C1CCCN1S(=O)(=O)N1CCCNCC1. The molecule has 0 radical (unpaired) electrons. The average Bonchev–Trinajstić information content (AvgIpc) is 2.75. The van der Waals surface area contributed by atoms with Gasteiger partial charge in [0, 0.05) is 26.2 Å². The number of nitrogens with one attached hydrogen (secondary N) is 1. The van der Waals surface area contributed by atoms with Crippen molar-refractivity contribution in [3.05, 3.63) is 0 Å². The zero-order chi connectivity index (χ0) is 14.6. The Morgan fingerprint density at radius 3 is 2.80 bits per heavy atom. The molecule has 0 aromatic heterocycles. The normalized spacial score (nSPS) is 26.4. The fourth-order valence-corrected chi connectivity index (χ4v) is 4.54. The van der Waals surface area contributed by atoms with Gasteiger partial charge in [0.05, 0.1) is 6.61 Å². The molecule has 20 heavy (non-hydrogen) atoms. The van der Waals surface area contributed by atoms with E-state index in [4.69, 9.17) is 4.74 Å². The van der Waals surface area contributed by atoms with Gasteiger partial charge in [-0.2, -0.15) is 17.0 Å². The van der Waals surface area contributed by atoms with Crippen molar-refractivity contribution in [2.45, 2.75) is 32.2 Å². The summed E-state index contributed by atoms with van der Waals surface area (Å²) >= 11 is 0. The maximum Gasteiger partial charge on any atom is 0.324 e. The first-order valence-corrected chi connectivity index (χ1v) is 8.61. The molecule has 1 N–H and O–H groups in total. The van der Waals surface area contributed by atoms with Gasteiger partial charge in [-0.25, -0.2) is 0 Å². The number of hydrogen-bond acceptors (Lipinski definition) is 5. The molecule has 2 heterocycles. The van der Waals surface area contributed by atoms with Crippen LogP contribution in [0.25, 0.3) is 0 Å². The molecule has 0 aromatic rings. The van der Waals surface area contributed by atoms with E-state index in [1.54, 1.807) is 6.92 Å². The summed E-state index contributed by atoms with van der Waals surface area (Å²) < 4.78 is 33.1. The van der Waals surface area contributed by atoms with Crippen LogP contribution in [0.1, 0.15) is 26.2 Å². The molecule has 2 aliphatic rings. The Morgan fingerprint density at radius 1 is 1.25 bits per heavy atom. The number of hydrogen-bond donors (Lipinski definition) is 1.